The first-order chi connectivity index (χ1) is 19.0. The Morgan fingerprint density at radius 2 is 1.62 bits per heavy atom. The van der Waals surface area contributed by atoms with Gasteiger partial charge < -0.3 is 10.2 Å². The van der Waals surface area contributed by atoms with E-state index >= 15 is 0 Å². The molecule has 0 aliphatic rings. The quantitative estimate of drug-likeness (QED) is 0.181. The van der Waals surface area contributed by atoms with E-state index in [1.165, 1.54) is 0 Å². The molecule has 4 aromatic rings. The van der Waals surface area contributed by atoms with E-state index in [1.54, 1.807) is 17.0 Å². The van der Waals surface area contributed by atoms with Crippen molar-refractivity contribution in [3.63, 3.8) is 0 Å². The Hall–Kier alpha value is -3.34. The number of carbonyl (C=O) groups is 2. The Kier molecular flexibility index (Phi) is 10.4. The van der Waals surface area contributed by atoms with Gasteiger partial charge in [0.25, 0.3) is 0 Å². The predicted octanol–water partition coefficient (Wildman–Crippen LogP) is 7.64. The van der Waals surface area contributed by atoms with Crippen molar-refractivity contribution in [2.75, 3.05) is 6.54 Å². The van der Waals surface area contributed by atoms with Gasteiger partial charge in [-0.2, -0.15) is 0 Å². The van der Waals surface area contributed by atoms with Crippen molar-refractivity contribution in [1.29, 1.82) is 0 Å². The van der Waals surface area contributed by atoms with Crippen LogP contribution in [0.15, 0.2) is 91.0 Å². The summed E-state index contributed by atoms with van der Waals surface area (Å²) < 4.78 is 0. The Labute approximate surface area is 240 Å². The Balaban J connectivity index is 1.65. The molecule has 0 aromatic heterocycles. The molecule has 4 aromatic carbocycles. The number of aryl methyl sites for hydroxylation is 1. The van der Waals surface area contributed by atoms with E-state index in [4.69, 9.17) is 23.2 Å². The standard InChI is InChI=1S/C33H34Cl2N2O2/c1-2-3-20-36-33(39)31(21-24-10-5-4-6-11-24)37(23-27-16-18-28(34)22-30(27)35)32(38)19-17-26-14-9-13-25-12-7-8-15-29(25)26/h4-16,18,22,31H,2-3,17,19-21,23H2,1H3,(H,36,39)/t31-/m1/s1. The van der Waals surface area contributed by atoms with Gasteiger partial charge in [-0.1, -0.05) is 115 Å². The van der Waals surface area contributed by atoms with Crippen LogP contribution in [-0.4, -0.2) is 29.3 Å². The normalized spacial score (nSPS) is 11.8. The third kappa shape index (κ3) is 7.84. The molecule has 0 fully saturated rings. The average Bonchev–Trinajstić information content (AvgIpc) is 2.95. The number of rotatable bonds is 12. The Morgan fingerprint density at radius 1 is 0.872 bits per heavy atom. The van der Waals surface area contributed by atoms with Crippen molar-refractivity contribution in [2.45, 2.75) is 51.6 Å². The van der Waals surface area contributed by atoms with Gasteiger partial charge in [0.15, 0.2) is 0 Å². The van der Waals surface area contributed by atoms with E-state index in [0.29, 0.717) is 29.4 Å². The number of hydrogen-bond donors (Lipinski definition) is 1. The smallest absolute Gasteiger partial charge is 0.243 e. The van der Waals surface area contributed by atoms with Gasteiger partial charge in [-0.05, 0) is 52.4 Å². The molecule has 0 unspecified atom stereocenters. The maximum atomic E-state index is 14.0. The monoisotopic (exact) mass is 560 g/mol. The van der Waals surface area contributed by atoms with E-state index in [-0.39, 0.29) is 24.8 Å². The zero-order valence-electron chi connectivity index (χ0n) is 22.2. The maximum absolute atomic E-state index is 14.0. The fourth-order valence-corrected chi connectivity index (χ4v) is 5.26. The molecule has 202 valence electrons. The zero-order valence-corrected chi connectivity index (χ0v) is 23.7. The molecular weight excluding hydrogens is 527 g/mol. The minimum atomic E-state index is -0.684. The second-order valence-corrected chi connectivity index (χ2v) is 10.6. The van der Waals surface area contributed by atoms with Gasteiger partial charge >= 0.3 is 0 Å². The predicted molar refractivity (Wildman–Crippen MR) is 161 cm³/mol. The molecule has 6 heteroatoms. The van der Waals surface area contributed by atoms with Crippen molar-refractivity contribution in [2.24, 2.45) is 0 Å². The molecule has 39 heavy (non-hydrogen) atoms. The number of nitrogens with zero attached hydrogens (tertiary/aromatic N) is 1. The van der Waals surface area contributed by atoms with Crippen LogP contribution in [-0.2, 0) is 29.0 Å². The van der Waals surface area contributed by atoms with Crippen LogP contribution in [0.3, 0.4) is 0 Å². The van der Waals surface area contributed by atoms with Crippen LogP contribution >= 0.6 is 23.2 Å². The van der Waals surface area contributed by atoms with Crippen molar-refractivity contribution < 1.29 is 9.59 Å². The van der Waals surface area contributed by atoms with Crippen LogP contribution in [0.2, 0.25) is 10.0 Å². The summed E-state index contributed by atoms with van der Waals surface area (Å²) in [5.41, 5.74) is 2.85. The van der Waals surface area contributed by atoms with Gasteiger partial charge in [-0.3, -0.25) is 9.59 Å². The molecule has 0 spiro atoms. The van der Waals surface area contributed by atoms with Crippen molar-refractivity contribution in [1.82, 2.24) is 10.2 Å². The van der Waals surface area contributed by atoms with E-state index < -0.39 is 6.04 Å². The number of benzene rings is 4. The van der Waals surface area contributed by atoms with Gasteiger partial charge in [0.1, 0.15) is 6.04 Å². The van der Waals surface area contributed by atoms with Crippen LogP contribution < -0.4 is 5.32 Å². The molecule has 1 N–H and O–H groups in total. The first-order valence-corrected chi connectivity index (χ1v) is 14.2. The summed E-state index contributed by atoms with van der Waals surface area (Å²) in [5, 5.41) is 6.34. The minimum absolute atomic E-state index is 0.0967. The molecular formula is C33H34Cl2N2O2. The number of fused-ring (bicyclic) bond motifs is 1. The van der Waals surface area contributed by atoms with Crippen LogP contribution in [0.5, 0.6) is 0 Å². The second kappa shape index (κ2) is 14.2. The summed E-state index contributed by atoms with van der Waals surface area (Å²) in [6, 6.07) is 28.7. The lowest BCUT2D eigenvalue weighted by molar-refractivity contribution is -0.141. The minimum Gasteiger partial charge on any atom is -0.354 e. The average molecular weight is 562 g/mol. The van der Waals surface area contributed by atoms with E-state index in [0.717, 1.165) is 40.3 Å². The highest BCUT2D eigenvalue weighted by Gasteiger charge is 2.30. The summed E-state index contributed by atoms with van der Waals surface area (Å²) >= 11 is 12.7. The SMILES string of the molecule is CCCCNC(=O)[C@@H](Cc1ccccc1)N(Cc1ccc(Cl)cc1Cl)C(=O)CCc1cccc2ccccc12. The number of carbonyl (C=O) groups excluding carboxylic acids is 2. The maximum Gasteiger partial charge on any atom is 0.243 e. The molecule has 0 aliphatic heterocycles. The van der Waals surface area contributed by atoms with Gasteiger partial charge in [0, 0.05) is 36.0 Å². The summed E-state index contributed by atoms with van der Waals surface area (Å²) in [5.74, 6) is -0.253. The van der Waals surface area contributed by atoms with E-state index in [9.17, 15) is 9.59 Å². The number of unbranched alkanes of at least 4 members (excludes halogenated alkanes) is 1. The first-order valence-electron chi connectivity index (χ1n) is 13.5. The fraction of sp³-hybridized carbons (Fsp3) is 0.273. The van der Waals surface area contributed by atoms with Crippen molar-refractivity contribution in [3.05, 3.63) is 118 Å². The summed E-state index contributed by atoms with van der Waals surface area (Å²) in [4.78, 5) is 29.3. The number of nitrogens with one attached hydrogen (secondary N) is 1. The number of hydrogen-bond acceptors (Lipinski definition) is 2. The Morgan fingerprint density at radius 3 is 2.38 bits per heavy atom. The third-order valence-electron chi connectivity index (χ3n) is 6.94. The third-order valence-corrected chi connectivity index (χ3v) is 7.53. The summed E-state index contributed by atoms with van der Waals surface area (Å²) in [6.45, 7) is 2.86. The highest BCUT2D eigenvalue weighted by Crippen LogP contribution is 2.25. The molecule has 0 radical (unpaired) electrons. The number of halogens is 2. The lowest BCUT2D eigenvalue weighted by Gasteiger charge is -2.32. The highest BCUT2D eigenvalue weighted by atomic mass is 35.5. The van der Waals surface area contributed by atoms with Gasteiger partial charge in [-0.25, -0.2) is 0 Å². The topological polar surface area (TPSA) is 49.4 Å². The zero-order chi connectivity index (χ0) is 27.6. The molecule has 4 nitrogen and oxygen atoms in total. The molecule has 0 bridgehead atoms. The van der Waals surface area contributed by atoms with Crippen LogP contribution in [0.1, 0.15) is 42.9 Å². The fourth-order valence-electron chi connectivity index (χ4n) is 4.79. The lowest BCUT2D eigenvalue weighted by atomic mass is 9.99. The van der Waals surface area contributed by atoms with Crippen LogP contribution in [0, 0.1) is 0 Å². The molecule has 0 heterocycles. The highest BCUT2D eigenvalue weighted by molar-refractivity contribution is 6.35. The molecule has 4 rings (SSSR count). The summed E-state index contributed by atoms with van der Waals surface area (Å²) in [6.07, 6.45) is 3.09. The van der Waals surface area contributed by atoms with Gasteiger partial charge in [0.2, 0.25) is 11.8 Å². The summed E-state index contributed by atoms with van der Waals surface area (Å²) in [7, 11) is 0. The molecule has 1 atom stereocenters. The molecule has 0 saturated heterocycles. The van der Waals surface area contributed by atoms with Gasteiger partial charge in [-0.15, -0.1) is 0 Å². The van der Waals surface area contributed by atoms with Crippen LogP contribution in [0.25, 0.3) is 10.8 Å². The van der Waals surface area contributed by atoms with E-state index in [1.807, 2.05) is 54.6 Å². The molecule has 2 amide bonds. The number of amides is 2. The van der Waals surface area contributed by atoms with Gasteiger partial charge in [0.05, 0.1) is 0 Å². The lowest BCUT2D eigenvalue weighted by Crippen LogP contribution is -2.50. The van der Waals surface area contributed by atoms with E-state index in [2.05, 4.69) is 36.5 Å². The largest absolute Gasteiger partial charge is 0.354 e. The molecule has 0 saturated carbocycles. The Bertz CT molecular complexity index is 1400. The molecule has 0 aliphatic carbocycles. The first kappa shape index (κ1) is 28.7. The van der Waals surface area contributed by atoms with Crippen molar-refractivity contribution in [3.8, 4) is 0 Å². The van der Waals surface area contributed by atoms with Crippen molar-refractivity contribution >= 4 is 45.8 Å². The van der Waals surface area contributed by atoms with Crippen LogP contribution in [0.4, 0.5) is 0 Å². The second-order valence-electron chi connectivity index (χ2n) is 9.75.